The van der Waals surface area contributed by atoms with E-state index in [4.69, 9.17) is 28.1 Å². The number of ether oxygens (including phenoxy) is 2. The molecular weight excluding hydrogens is 600 g/mol. The van der Waals surface area contributed by atoms with Crippen LogP contribution in [0.5, 0.6) is 11.5 Å². The highest BCUT2D eigenvalue weighted by molar-refractivity contribution is 6.00. The number of aliphatic hydroxyl groups is 1. The van der Waals surface area contributed by atoms with Crippen LogP contribution in [0.25, 0.3) is 16.7 Å². The molecule has 3 aromatic rings. The first-order valence-corrected chi connectivity index (χ1v) is 15.6. The molecule has 0 spiro atoms. The Bertz CT molecular complexity index is 1880. The van der Waals surface area contributed by atoms with Gasteiger partial charge < -0.3 is 19.9 Å². The third-order valence-corrected chi connectivity index (χ3v) is 7.66. The Morgan fingerprint density at radius 3 is 2.27 bits per heavy atom. The number of nitrogens with one attached hydrogen (secondary N) is 2. The summed E-state index contributed by atoms with van der Waals surface area (Å²) in [5.74, 6) is 0.974. The molecule has 0 radical (unpaired) electrons. The number of hydrogen-bond donors (Lipinski definition) is 3. The third kappa shape index (κ3) is 6.96. The molecule has 0 aromatic heterocycles. The first-order valence-electron chi connectivity index (χ1n) is 14.3. The first kappa shape index (κ1) is 32.4. The quantitative estimate of drug-likeness (QED) is 0.236. The monoisotopic (exact) mass is 634 g/mol. The van der Waals surface area contributed by atoms with Crippen molar-refractivity contribution < 1.29 is 53.2 Å². The SMILES string of the molecule is CC1=CC(C)(C)Nc2cc3c(cc21)C(c1ccccc1C(=O)OCCO)=c1cc2c(cc1O3)=[NH+]C(C)(C)C=C2C.[O-][Cl+3]([O-])([O-])[O-]. The fourth-order valence-electron chi connectivity index (χ4n) is 6.23. The summed E-state index contributed by atoms with van der Waals surface area (Å²) >= 11 is 0. The van der Waals surface area contributed by atoms with Crippen molar-refractivity contribution in [3.05, 3.63) is 99.1 Å². The van der Waals surface area contributed by atoms with Gasteiger partial charge in [-0.1, -0.05) is 24.3 Å². The molecule has 0 aliphatic carbocycles. The number of carbonyl (C=O) groups excluding carboxylic acids is 1. The molecule has 6 rings (SSSR count). The van der Waals surface area contributed by atoms with Gasteiger partial charge in [0.25, 0.3) is 0 Å². The number of benzene rings is 3. The Kier molecular flexibility index (Phi) is 8.43. The van der Waals surface area contributed by atoms with E-state index in [0.29, 0.717) is 5.56 Å². The zero-order chi connectivity index (χ0) is 32.9. The highest BCUT2D eigenvalue weighted by Crippen LogP contribution is 2.44. The lowest BCUT2D eigenvalue weighted by Crippen LogP contribution is -2.89. The Balaban J connectivity index is 0.000000743. The fourth-order valence-corrected chi connectivity index (χ4v) is 6.23. The number of aliphatic hydroxyl groups excluding tert-OH is 1. The molecular formula is C34H35ClN2O8. The topological polar surface area (TPSA) is 174 Å². The lowest BCUT2D eigenvalue weighted by atomic mass is 9.84. The summed E-state index contributed by atoms with van der Waals surface area (Å²) in [5.41, 5.74) is 8.21. The van der Waals surface area contributed by atoms with E-state index in [0.717, 1.165) is 55.6 Å². The van der Waals surface area contributed by atoms with Crippen LogP contribution >= 0.6 is 0 Å². The normalized spacial score (nSPS) is 16.8. The molecule has 236 valence electrons. The van der Waals surface area contributed by atoms with Crippen molar-refractivity contribution in [2.45, 2.75) is 52.6 Å². The Morgan fingerprint density at radius 2 is 1.58 bits per heavy atom. The van der Waals surface area contributed by atoms with Crippen molar-refractivity contribution in [2.24, 2.45) is 0 Å². The van der Waals surface area contributed by atoms with Crippen molar-refractivity contribution in [2.75, 3.05) is 18.5 Å². The highest BCUT2D eigenvalue weighted by atomic mass is 35.7. The Morgan fingerprint density at radius 1 is 0.911 bits per heavy atom. The van der Waals surface area contributed by atoms with Gasteiger partial charge in [-0.25, -0.2) is 28.4 Å². The molecule has 11 heteroatoms. The molecule has 0 saturated carbocycles. The minimum absolute atomic E-state index is 0.0588. The van der Waals surface area contributed by atoms with Gasteiger partial charge >= 0.3 is 5.97 Å². The molecule has 3 aliphatic rings. The van der Waals surface area contributed by atoms with Gasteiger partial charge in [0.2, 0.25) is 5.36 Å². The van der Waals surface area contributed by atoms with Crippen molar-refractivity contribution >= 4 is 28.4 Å². The van der Waals surface area contributed by atoms with Gasteiger partial charge in [0.15, 0.2) is 5.54 Å². The molecule has 3 N–H and O–H groups in total. The summed E-state index contributed by atoms with van der Waals surface area (Å²) in [5, 5.41) is 14.8. The van der Waals surface area contributed by atoms with E-state index in [1.165, 1.54) is 11.1 Å². The summed E-state index contributed by atoms with van der Waals surface area (Å²) in [6.45, 7) is 12.6. The summed E-state index contributed by atoms with van der Waals surface area (Å²) < 4.78 is 46.0. The standard InChI is InChI=1S/C34H34N2O4.ClHO4/c1-19-17-33(3,4)35-27-15-29-25(13-23(19)27)31(21-9-7-8-10-22(21)32(38)39-12-11-37)26-14-24-20(2)18-34(5,6)36-28(24)16-30(26)40-29;2-1(3,4)5/h7-10,13-18,35,37H,11-12H2,1-6H3;(H,2,3,4,5). The second-order valence-corrected chi connectivity index (χ2v) is 13.2. The van der Waals surface area contributed by atoms with Crippen LogP contribution in [-0.2, 0) is 4.74 Å². The summed E-state index contributed by atoms with van der Waals surface area (Å²) in [6, 6.07) is 16.0. The van der Waals surface area contributed by atoms with E-state index < -0.39 is 16.2 Å². The zero-order valence-electron chi connectivity index (χ0n) is 25.9. The van der Waals surface area contributed by atoms with Crippen molar-refractivity contribution in [1.82, 2.24) is 0 Å². The first-order chi connectivity index (χ1) is 21.0. The van der Waals surface area contributed by atoms with Gasteiger partial charge in [0.05, 0.1) is 23.8 Å². The minimum Gasteiger partial charge on any atom is -0.460 e. The second kappa shape index (κ2) is 11.7. The lowest BCUT2D eigenvalue weighted by Gasteiger charge is -2.33. The van der Waals surface area contributed by atoms with Crippen LogP contribution in [0.3, 0.4) is 0 Å². The van der Waals surface area contributed by atoms with E-state index >= 15 is 0 Å². The van der Waals surface area contributed by atoms with E-state index in [2.05, 4.69) is 88.3 Å². The molecule has 3 heterocycles. The molecule has 0 fully saturated rings. The predicted molar refractivity (Wildman–Crippen MR) is 157 cm³/mol. The number of hydrogen-bond acceptors (Lipinski definition) is 9. The molecule has 0 amide bonds. The van der Waals surface area contributed by atoms with Crippen molar-refractivity contribution in [3.63, 3.8) is 0 Å². The number of allylic oxidation sites excluding steroid dienone is 2. The van der Waals surface area contributed by atoms with Gasteiger partial charge in [0, 0.05) is 53.1 Å². The van der Waals surface area contributed by atoms with Crippen molar-refractivity contribution in [1.29, 1.82) is 0 Å². The number of esters is 1. The van der Waals surface area contributed by atoms with Gasteiger partial charge in [-0.15, -0.1) is 10.2 Å². The molecule has 45 heavy (non-hydrogen) atoms. The van der Waals surface area contributed by atoms with Crippen LogP contribution in [0.4, 0.5) is 5.69 Å². The molecule has 0 unspecified atom stereocenters. The maximum absolute atomic E-state index is 13.2. The smallest absolute Gasteiger partial charge is 0.338 e. The Hall–Kier alpha value is -4.03. The predicted octanol–water partition coefficient (Wildman–Crippen LogP) is -1.06. The van der Waals surface area contributed by atoms with Crippen LogP contribution in [0.1, 0.15) is 74.2 Å². The molecule has 3 aliphatic heterocycles. The summed E-state index contributed by atoms with van der Waals surface area (Å²) in [6.07, 6.45) is 4.47. The fraction of sp³-hybridized carbons (Fsp3) is 0.294. The number of carbonyl (C=O) groups is 1. The maximum Gasteiger partial charge on any atom is 0.338 e. The lowest BCUT2D eigenvalue weighted by molar-refractivity contribution is -2.00. The maximum atomic E-state index is 13.2. The largest absolute Gasteiger partial charge is 0.460 e. The third-order valence-electron chi connectivity index (χ3n) is 7.66. The molecule has 0 bridgehead atoms. The van der Waals surface area contributed by atoms with Crippen LogP contribution in [-0.4, -0.2) is 35.4 Å². The molecule has 0 saturated heterocycles. The van der Waals surface area contributed by atoms with Gasteiger partial charge in [-0.2, -0.15) is 0 Å². The molecule has 3 aromatic carbocycles. The van der Waals surface area contributed by atoms with E-state index in [1.807, 2.05) is 18.2 Å². The van der Waals surface area contributed by atoms with Crippen molar-refractivity contribution in [3.8, 4) is 11.5 Å². The van der Waals surface area contributed by atoms with Crippen LogP contribution in [0.2, 0.25) is 0 Å². The average molecular weight is 635 g/mol. The summed E-state index contributed by atoms with van der Waals surface area (Å²) in [7, 11) is -4.94. The van der Waals surface area contributed by atoms with Gasteiger partial charge in [-0.05, 0) is 68.7 Å². The van der Waals surface area contributed by atoms with E-state index in [-0.39, 0.29) is 24.3 Å². The number of anilines is 1. The Labute approximate surface area is 263 Å². The van der Waals surface area contributed by atoms with Gasteiger partial charge in [0.1, 0.15) is 18.1 Å². The highest BCUT2D eigenvalue weighted by Gasteiger charge is 2.31. The van der Waals surface area contributed by atoms with Crippen LogP contribution in [0.15, 0.2) is 60.7 Å². The zero-order valence-corrected chi connectivity index (χ0v) is 26.6. The van der Waals surface area contributed by atoms with E-state index in [1.54, 1.807) is 6.07 Å². The number of fused-ring (bicyclic) bond motifs is 4. The van der Waals surface area contributed by atoms with Crippen LogP contribution in [0, 0.1) is 10.2 Å². The van der Waals surface area contributed by atoms with Gasteiger partial charge in [-0.3, -0.25) is 0 Å². The van der Waals surface area contributed by atoms with E-state index in [9.17, 15) is 9.90 Å². The average Bonchev–Trinajstić information content (AvgIpc) is 2.91. The molecule has 0 atom stereocenters. The number of rotatable bonds is 4. The second-order valence-electron chi connectivity index (χ2n) is 12.4. The summed E-state index contributed by atoms with van der Waals surface area (Å²) in [4.78, 5) is 16.8. The number of halogens is 1. The minimum atomic E-state index is -4.94. The van der Waals surface area contributed by atoms with Crippen LogP contribution < -0.4 is 44.3 Å². The molecule has 10 nitrogen and oxygen atoms in total.